The van der Waals surface area contributed by atoms with Gasteiger partial charge >= 0.3 is 0 Å². The molecule has 1 aromatic carbocycles. The zero-order valence-corrected chi connectivity index (χ0v) is 13.5. The average molecular weight is 290 g/mol. The van der Waals surface area contributed by atoms with Gasteiger partial charge in [0.05, 0.1) is 6.07 Å². The van der Waals surface area contributed by atoms with Gasteiger partial charge in [-0.25, -0.2) is 0 Å². The van der Waals surface area contributed by atoms with Crippen molar-refractivity contribution in [1.82, 2.24) is 5.32 Å². The molecule has 1 unspecified atom stereocenters. The molecule has 0 saturated heterocycles. The summed E-state index contributed by atoms with van der Waals surface area (Å²) in [5.41, 5.74) is 1.06. The Kier molecular flexibility index (Phi) is 8.41. The van der Waals surface area contributed by atoms with Crippen molar-refractivity contribution >= 4 is 11.8 Å². The number of hydrogen-bond acceptors (Lipinski definition) is 3. The van der Waals surface area contributed by atoms with E-state index >= 15 is 0 Å². The third kappa shape index (κ3) is 5.98. The minimum absolute atomic E-state index is 0.316. The number of rotatable bonds is 10. The average Bonchev–Trinajstić information content (AvgIpc) is 2.51. The molecule has 0 heterocycles. The minimum atomic E-state index is -0.316. The van der Waals surface area contributed by atoms with Crippen LogP contribution in [-0.2, 0) is 5.75 Å². The van der Waals surface area contributed by atoms with E-state index in [2.05, 4.69) is 55.6 Å². The first-order chi connectivity index (χ1) is 9.76. The van der Waals surface area contributed by atoms with Gasteiger partial charge < -0.3 is 0 Å². The molecule has 0 fully saturated rings. The molecule has 0 aliphatic carbocycles. The Balaban J connectivity index is 2.25. The van der Waals surface area contributed by atoms with E-state index in [0.717, 1.165) is 43.7 Å². The van der Waals surface area contributed by atoms with Crippen LogP contribution in [0.3, 0.4) is 0 Å². The third-order valence-corrected chi connectivity index (χ3v) is 4.65. The number of hydrogen-bond donors (Lipinski definition) is 1. The summed E-state index contributed by atoms with van der Waals surface area (Å²) in [6.07, 6.45) is 4.00. The Morgan fingerprint density at radius 3 is 2.60 bits per heavy atom. The van der Waals surface area contributed by atoms with E-state index in [0.29, 0.717) is 0 Å². The largest absolute Gasteiger partial charge is 0.299 e. The van der Waals surface area contributed by atoms with Crippen molar-refractivity contribution < 1.29 is 0 Å². The fourth-order valence-electron chi connectivity index (χ4n) is 2.17. The van der Waals surface area contributed by atoms with Gasteiger partial charge in [0, 0.05) is 5.75 Å². The first-order valence-electron chi connectivity index (χ1n) is 7.54. The zero-order chi connectivity index (χ0) is 14.7. The van der Waals surface area contributed by atoms with E-state index in [-0.39, 0.29) is 5.54 Å². The molecule has 20 heavy (non-hydrogen) atoms. The van der Waals surface area contributed by atoms with Crippen LogP contribution in [0.4, 0.5) is 0 Å². The number of benzene rings is 1. The number of thioether (sulfide) groups is 1. The maximum absolute atomic E-state index is 9.42. The lowest BCUT2D eigenvalue weighted by Crippen LogP contribution is -2.43. The highest BCUT2D eigenvalue weighted by atomic mass is 32.2. The fraction of sp³-hybridized carbons (Fsp3) is 0.588. The maximum atomic E-state index is 9.42. The molecule has 0 saturated carbocycles. The molecule has 0 radical (unpaired) electrons. The van der Waals surface area contributed by atoms with Gasteiger partial charge in [-0.3, -0.25) is 5.32 Å². The van der Waals surface area contributed by atoms with E-state index < -0.39 is 0 Å². The highest BCUT2D eigenvalue weighted by Gasteiger charge is 2.25. The second-order valence-electron chi connectivity index (χ2n) is 5.12. The van der Waals surface area contributed by atoms with Crippen molar-refractivity contribution in [3.63, 3.8) is 0 Å². The lowest BCUT2D eigenvalue weighted by atomic mass is 9.92. The molecule has 0 aromatic heterocycles. The molecule has 0 aliphatic heterocycles. The first kappa shape index (κ1) is 17.1. The summed E-state index contributed by atoms with van der Waals surface area (Å²) in [5, 5.41) is 12.8. The Labute approximate surface area is 128 Å². The predicted molar refractivity (Wildman–Crippen MR) is 88.8 cm³/mol. The van der Waals surface area contributed by atoms with Crippen LogP contribution in [0.2, 0.25) is 0 Å². The zero-order valence-electron chi connectivity index (χ0n) is 12.7. The molecule has 2 nitrogen and oxygen atoms in total. The second kappa shape index (κ2) is 9.85. The van der Waals surface area contributed by atoms with E-state index in [1.54, 1.807) is 0 Å². The third-order valence-electron chi connectivity index (χ3n) is 3.53. The molecule has 1 rings (SSSR count). The van der Waals surface area contributed by atoms with Crippen molar-refractivity contribution in [1.29, 1.82) is 5.26 Å². The molecule has 0 bridgehead atoms. The van der Waals surface area contributed by atoms with Crippen LogP contribution in [0.5, 0.6) is 0 Å². The molecule has 1 aromatic rings. The lowest BCUT2D eigenvalue weighted by molar-refractivity contribution is 0.371. The topological polar surface area (TPSA) is 35.8 Å². The summed E-state index contributed by atoms with van der Waals surface area (Å²) < 4.78 is 0. The Bertz CT molecular complexity index is 399. The fourth-order valence-corrected chi connectivity index (χ4v) is 3.09. The summed E-state index contributed by atoms with van der Waals surface area (Å²) in [6, 6.07) is 13.0. The van der Waals surface area contributed by atoms with Gasteiger partial charge in [-0.15, -0.1) is 0 Å². The lowest BCUT2D eigenvalue weighted by Gasteiger charge is -2.26. The van der Waals surface area contributed by atoms with Gasteiger partial charge in [-0.2, -0.15) is 17.0 Å². The van der Waals surface area contributed by atoms with Crippen LogP contribution in [0, 0.1) is 11.3 Å². The second-order valence-corrected chi connectivity index (χ2v) is 6.22. The maximum Gasteiger partial charge on any atom is 0.106 e. The smallest absolute Gasteiger partial charge is 0.106 e. The summed E-state index contributed by atoms with van der Waals surface area (Å²) in [7, 11) is 0. The monoisotopic (exact) mass is 290 g/mol. The molecular formula is C17H26N2S. The molecule has 1 atom stereocenters. The highest BCUT2D eigenvalue weighted by Crippen LogP contribution is 2.20. The SMILES string of the molecule is CCCNC(C#N)(CC)CCCSCc1ccccc1. The van der Waals surface area contributed by atoms with Crippen molar-refractivity contribution in [2.24, 2.45) is 0 Å². The van der Waals surface area contributed by atoms with E-state index in [4.69, 9.17) is 0 Å². The molecule has 0 spiro atoms. The van der Waals surface area contributed by atoms with E-state index in [1.807, 2.05) is 11.8 Å². The van der Waals surface area contributed by atoms with Crippen LogP contribution in [0.25, 0.3) is 0 Å². The summed E-state index contributed by atoms with van der Waals surface area (Å²) >= 11 is 1.95. The molecule has 110 valence electrons. The summed E-state index contributed by atoms with van der Waals surface area (Å²) in [4.78, 5) is 0. The molecule has 1 N–H and O–H groups in total. The van der Waals surface area contributed by atoms with Crippen molar-refractivity contribution in [3.8, 4) is 6.07 Å². The van der Waals surface area contributed by atoms with Crippen LogP contribution < -0.4 is 5.32 Å². The highest BCUT2D eigenvalue weighted by molar-refractivity contribution is 7.98. The van der Waals surface area contributed by atoms with E-state index in [9.17, 15) is 5.26 Å². The Morgan fingerprint density at radius 2 is 2.00 bits per heavy atom. The molecule has 3 heteroatoms. The van der Waals surface area contributed by atoms with Gasteiger partial charge in [-0.05, 0) is 43.5 Å². The standard InChI is InChI=1S/C17H26N2S/c1-3-12-19-17(4-2,15-18)11-8-13-20-14-16-9-6-5-7-10-16/h5-7,9-10,19H,3-4,8,11-14H2,1-2H3. The Morgan fingerprint density at radius 1 is 1.25 bits per heavy atom. The Hall–Kier alpha value is -0.980. The van der Waals surface area contributed by atoms with Crippen LogP contribution >= 0.6 is 11.8 Å². The summed E-state index contributed by atoms with van der Waals surface area (Å²) in [6.45, 7) is 5.17. The number of nitrogens with zero attached hydrogens (tertiary/aromatic N) is 1. The summed E-state index contributed by atoms with van der Waals surface area (Å²) in [5.74, 6) is 2.18. The van der Waals surface area contributed by atoms with Crippen molar-refractivity contribution in [2.75, 3.05) is 12.3 Å². The van der Waals surface area contributed by atoms with Gasteiger partial charge in [0.2, 0.25) is 0 Å². The number of nitrogens with one attached hydrogen (secondary N) is 1. The van der Waals surface area contributed by atoms with Crippen molar-refractivity contribution in [3.05, 3.63) is 35.9 Å². The first-order valence-corrected chi connectivity index (χ1v) is 8.69. The quantitative estimate of drug-likeness (QED) is 0.650. The van der Waals surface area contributed by atoms with Crippen LogP contribution in [0.15, 0.2) is 30.3 Å². The molecular weight excluding hydrogens is 264 g/mol. The predicted octanol–water partition coefficient (Wildman–Crippen LogP) is 4.37. The van der Waals surface area contributed by atoms with Gasteiger partial charge in [0.15, 0.2) is 0 Å². The number of nitriles is 1. The molecule has 0 aliphatic rings. The molecule has 0 amide bonds. The van der Waals surface area contributed by atoms with Crippen molar-refractivity contribution in [2.45, 2.75) is 50.8 Å². The van der Waals surface area contributed by atoms with E-state index in [1.165, 1.54) is 5.56 Å². The normalized spacial score (nSPS) is 13.7. The van der Waals surface area contributed by atoms with Crippen LogP contribution in [0.1, 0.15) is 45.1 Å². The van der Waals surface area contributed by atoms with Crippen LogP contribution in [-0.4, -0.2) is 17.8 Å². The minimum Gasteiger partial charge on any atom is -0.299 e. The van der Waals surface area contributed by atoms with Gasteiger partial charge in [-0.1, -0.05) is 44.2 Å². The van der Waals surface area contributed by atoms with Gasteiger partial charge in [0.1, 0.15) is 5.54 Å². The van der Waals surface area contributed by atoms with Gasteiger partial charge in [0.25, 0.3) is 0 Å².